The Morgan fingerprint density at radius 3 is 2.55 bits per heavy atom. The molecule has 11 heavy (non-hydrogen) atoms. The molecule has 0 spiro atoms. The van der Waals surface area contributed by atoms with Crippen LogP contribution in [0.3, 0.4) is 0 Å². The van der Waals surface area contributed by atoms with Gasteiger partial charge in [0.05, 0.1) is 0 Å². The van der Waals surface area contributed by atoms with Crippen molar-refractivity contribution in [2.24, 2.45) is 0 Å². The van der Waals surface area contributed by atoms with Gasteiger partial charge in [-0.1, -0.05) is 27.8 Å². The van der Waals surface area contributed by atoms with Gasteiger partial charge in [-0.15, -0.1) is 0 Å². The maximum atomic E-state index is 12.9. The zero-order chi connectivity index (χ0) is 8.91. The van der Waals surface area contributed by atoms with Crippen molar-refractivity contribution < 1.29 is 4.39 Å². The first-order valence-electron chi connectivity index (χ1n) is 4.09. The van der Waals surface area contributed by atoms with Gasteiger partial charge < -0.3 is 0 Å². The van der Waals surface area contributed by atoms with Crippen LogP contribution in [0.25, 0.3) is 0 Å². The van der Waals surface area contributed by atoms with Gasteiger partial charge in [-0.3, -0.25) is 0 Å². The Hall–Kier alpha value is 0.100. The molecule has 0 aliphatic heterocycles. The number of hydrogen-bond acceptors (Lipinski definition) is 0. The molecule has 0 saturated carbocycles. The number of allylic oxidation sites excluding steroid dienone is 2. The third-order valence-electron chi connectivity index (χ3n) is 1.56. The van der Waals surface area contributed by atoms with Crippen molar-refractivity contribution in [2.45, 2.75) is 45.4 Å². The fraction of sp³-hybridized carbons (Fsp3) is 0.778. The maximum Gasteiger partial charge on any atom is 0.121 e. The molecular formula is C9H18FP. The first-order chi connectivity index (χ1) is 4.95. The van der Waals surface area contributed by atoms with Gasteiger partial charge in [0.15, 0.2) is 0 Å². The minimum atomic E-state index is -1.09. The zero-order valence-electron chi connectivity index (χ0n) is 7.65. The molecule has 0 nitrogen and oxygen atoms in total. The summed E-state index contributed by atoms with van der Waals surface area (Å²) in [5.41, 5.74) is 1.29. The van der Waals surface area contributed by atoms with Crippen LogP contribution in [-0.4, -0.2) is 5.41 Å². The van der Waals surface area contributed by atoms with Crippen LogP contribution in [0.4, 0.5) is 4.39 Å². The third kappa shape index (κ3) is 8.00. The van der Waals surface area contributed by atoms with Gasteiger partial charge in [-0.2, -0.15) is 0 Å². The lowest BCUT2D eigenvalue weighted by atomic mass is 10.1. The summed E-state index contributed by atoms with van der Waals surface area (Å²) in [6.07, 6.45) is 4.66. The van der Waals surface area contributed by atoms with Crippen molar-refractivity contribution in [1.82, 2.24) is 0 Å². The first kappa shape index (κ1) is 11.1. The summed E-state index contributed by atoms with van der Waals surface area (Å²) in [7, 11) is 2.22. The second kappa shape index (κ2) is 4.87. The monoisotopic (exact) mass is 176 g/mol. The van der Waals surface area contributed by atoms with Crippen LogP contribution < -0.4 is 0 Å². The second-order valence-electron chi connectivity index (χ2n) is 3.24. The van der Waals surface area contributed by atoms with Crippen molar-refractivity contribution >= 4 is 9.24 Å². The van der Waals surface area contributed by atoms with E-state index in [2.05, 4.69) is 29.2 Å². The standard InChI is InChI=1S/C9H18FP/c1-4-5-8(2)6-7-9(3,10)11/h5H,4,6-7,11H2,1-3H3/b8-5+. The Labute approximate surface area is 71.5 Å². The summed E-state index contributed by atoms with van der Waals surface area (Å²) < 4.78 is 12.9. The second-order valence-corrected chi connectivity index (χ2v) is 4.44. The Morgan fingerprint density at radius 2 is 2.18 bits per heavy atom. The summed E-state index contributed by atoms with van der Waals surface area (Å²) in [4.78, 5) is 0. The van der Waals surface area contributed by atoms with Crippen LogP contribution >= 0.6 is 9.24 Å². The van der Waals surface area contributed by atoms with Gasteiger partial charge in [0.25, 0.3) is 0 Å². The quantitative estimate of drug-likeness (QED) is 0.452. The van der Waals surface area contributed by atoms with Crippen molar-refractivity contribution in [3.05, 3.63) is 11.6 Å². The van der Waals surface area contributed by atoms with Crippen molar-refractivity contribution in [2.75, 3.05) is 0 Å². The molecule has 66 valence electrons. The summed E-state index contributed by atoms with van der Waals surface area (Å²) in [5.74, 6) is 0. The minimum Gasteiger partial charge on any atom is -0.240 e. The molecular weight excluding hydrogens is 158 g/mol. The fourth-order valence-electron chi connectivity index (χ4n) is 0.892. The van der Waals surface area contributed by atoms with Crippen molar-refractivity contribution in [3.8, 4) is 0 Å². The normalized spacial score (nSPS) is 18.1. The van der Waals surface area contributed by atoms with E-state index in [1.807, 2.05) is 0 Å². The molecule has 0 heterocycles. The molecule has 0 aromatic rings. The van der Waals surface area contributed by atoms with E-state index in [-0.39, 0.29) is 0 Å². The molecule has 0 radical (unpaired) electrons. The van der Waals surface area contributed by atoms with Crippen LogP contribution in [0.1, 0.15) is 40.0 Å². The lowest BCUT2D eigenvalue weighted by Gasteiger charge is -2.13. The Morgan fingerprint density at radius 1 is 1.64 bits per heavy atom. The molecule has 0 N–H and O–H groups in total. The molecule has 0 rings (SSSR count). The number of rotatable bonds is 4. The smallest absolute Gasteiger partial charge is 0.121 e. The number of halogens is 1. The molecule has 2 heteroatoms. The predicted molar refractivity (Wildman–Crippen MR) is 52.5 cm³/mol. The van der Waals surface area contributed by atoms with E-state index in [4.69, 9.17) is 0 Å². The lowest BCUT2D eigenvalue weighted by molar-refractivity contribution is 0.296. The predicted octanol–water partition coefficient (Wildman–Crippen LogP) is 3.68. The highest BCUT2D eigenvalue weighted by molar-refractivity contribution is 7.18. The molecule has 0 aromatic carbocycles. The van der Waals surface area contributed by atoms with Gasteiger partial charge in [-0.25, -0.2) is 4.39 Å². The van der Waals surface area contributed by atoms with Crippen LogP contribution in [0.15, 0.2) is 11.6 Å². The van der Waals surface area contributed by atoms with Crippen LogP contribution in [0.2, 0.25) is 0 Å². The van der Waals surface area contributed by atoms with E-state index in [0.717, 1.165) is 12.8 Å². The van der Waals surface area contributed by atoms with Gasteiger partial charge in [0, 0.05) is 0 Å². The maximum absolute atomic E-state index is 12.9. The molecule has 0 amide bonds. The molecule has 0 fully saturated rings. The third-order valence-corrected chi connectivity index (χ3v) is 1.85. The summed E-state index contributed by atoms with van der Waals surface area (Å²) in [5, 5.41) is -1.09. The van der Waals surface area contributed by atoms with E-state index < -0.39 is 5.41 Å². The van der Waals surface area contributed by atoms with Crippen molar-refractivity contribution in [1.29, 1.82) is 0 Å². The molecule has 0 aliphatic rings. The van der Waals surface area contributed by atoms with E-state index in [1.165, 1.54) is 5.57 Å². The average Bonchev–Trinajstić information content (AvgIpc) is 1.83. The number of alkyl halides is 1. The highest BCUT2D eigenvalue weighted by Crippen LogP contribution is 2.26. The minimum absolute atomic E-state index is 0.597. The highest BCUT2D eigenvalue weighted by atomic mass is 31.0. The zero-order valence-corrected chi connectivity index (χ0v) is 8.81. The molecule has 0 aliphatic carbocycles. The topological polar surface area (TPSA) is 0 Å². The van der Waals surface area contributed by atoms with E-state index in [0.29, 0.717) is 6.42 Å². The molecule has 2 atom stereocenters. The molecule has 0 aromatic heterocycles. The van der Waals surface area contributed by atoms with Crippen molar-refractivity contribution in [3.63, 3.8) is 0 Å². The lowest BCUT2D eigenvalue weighted by Crippen LogP contribution is -2.05. The Bertz CT molecular complexity index is 133. The van der Waals surface area contributed by atoms with Gasteiger partial charge in [-0.05, 0) is 33.1 Å². The fourth-order valence-corrected chi connectivity index (χ4v) is 1.04. The number of hydrogen-bond donors (Lipinski definition) is 0. The highest BCUT2D eigenvalue weighted by Gasteiger charge is 2.14. The Kier molecular flexibility index (Phi) is 4.92. The van der Waals surface area contributed by atoms with Crippen LogP contribution in [-0.2, 0) is 0 Å². The molecule has 0 bridgehead atoms. The van der Waals surface area contributed by atoms with Gasteiger partial charge in [0.2, 0.25) is 0 Å². The van der Waals surface area contributed by atoms with E-state index >= 15 is 0 Å². The Balaban J connectivity index is 3.62. The summed E-state index contributed by atoms with van der Waals surface area (Å²) in [6, 6.07) is 0. The summed E-state index contributed by atoms with van der Waals surface area (Å²) in [6.45, 7) is 5.75. The average molecular weight is 176 g/mol. The van der Waals surface area contributed by atoms with Crippen LogP contribution in [0, 0.1) is 0 Å². The first-order valence-corrected chi connectivity index (χ1v) is 4.67. The van der Waals surface area contributed by atoms with Crippen LogP contribution in [0.5, 0.6) is 0 Å². The largest absolute Gasteiger partial charge is 0.240 e. The van der Waals surface area contributed by atoms with E-state index in [9.17, 15) is 4.39 Å². The molecule has 0 saturated heterocycles. The summed E-state index contributed by atoms with van der Waals surface area (Å²) >= 11 is 0. The molecule has 2 unspecified atom stereocenters. The van der Waals surface area contributed by atoms with Gasteiger partial charge >= 0.3 is 0 Å². The SMILES string of the molecule is CC/C=C(\C)CCC(C)(F)P. The van der Waals surface area contributed by atoms with Gasteiger partial charge in [0.1, 0.15) is 5.41 Å². The van der Waals surface area contributed by atoms with E-state index in [1.54, 1.807) is 6.92 Å².